The van der Waals surface area contributed by atoms with Crippen LogP contribution in [0.1, 0.15) is 5.82 Å². The van der Waals surface area contributed by atoms with E-state index in [2.05, 4.69) is 10.3 Å². The summed E-state index contributed by atoms with van der Waals surface area (Å²) in [6, 6.07) is 23.0. The first-order valence-electron chi connectivity index (χ1n) is 8.87. The highest BCUT2D eigenvalue weighted by molar-refractivity contribution is 5.91. The summed E-state index contributed by atoms with van der Waals surface area (Å²) in [5.41, 5.74) is 1.74. The predicted octanol–water partition coefficient (Wildman–Crippen LogP) is 4.39. The summed E-state index contributed by atoms with van der Waals surface area (Å²) < 4.78 is 21.4. The number of para-hydroxylation sites is 4. The van der Waals surface area contributed by atoms with Crippen LogP contribution in [0.4, 0.5) is 10.1 Å². The summed E-state index contributed by atoms with van der Waals surface area (Å²) >= 11 is 0. The monoisotopic (exact) mass is 375 g/mol. The molecule has 0 atom stereocenters. The Morgan fingerprint density at radius 3 is 2.50 bits per heavy atom. The fraction of sp³-hybridized carbons (Fsp3) is 0.0909. The number of hydrogen-bond acceptors (Lipinski definition) is 3. The average molecular weight is 375 g/mol. The first kappa shape index (κ1) is 17.7. The largest absolute Gasteiger partial charge is 0.486 e. The lowest BCUT2D eigenvalue weighted by atomic mass is 10.3. The van der Waals surface area contributed by atoms with Gasteiger partial charge in [0.25, 0.3) is 0 Å². The molecule has 0 spiro atoms. The molecule has 0 bridgehead atoms. The number of nitrogens with one attached hydrogen (secondary N) is 1. The lowest BCUT2D eigenvalue weighted by Crippen LogP contribution is -2.21. The molecule has 0 fully saturated rings. The van der Waals surface area contributed by atoms with Crippen LogP contribution in [0.5, 0.6) is 5.75 Å². The normalized spacial score (nSPS) is 10.8. The first-order valence-corrected chi connectivity index (χ1v) is 8.87. The molecule has 0 aliphatic rings. The Labute approximate surface area is 161 Å². The van der Waals surface area contributed by atoms with Gasteiger partial charge in [0.15, 0.2) is 0 Å². The van der Waals surface area contributed by atoms with Gasteiger partial charge in [-0.05, 0) is 36.4 Å². The van der Waals surface area contributed by atoms with Gasteiger partial charge in [-0.25, -0.2) is 9.37 Å². The first-order chi connectivity index (χ1) is 13.7. The summed E-state index contributed by atoms with van der Waals surface area (Å²) in [6.07, 6.45) is 0. The van der Waals surface area contributed by atoms with E-state index in [1.165, 1.54) is 12.1 Å². The Bertz CT molecular complexity index is 1110. The summed E-state index contributed by atoms with van der Waals surface area (Å²) in [7, 11) is 0. The number of carbonyl (C=O) groups excluding carboxylic acids is 1. The number of nitrogens with zero attached hydrogens (tertiary/aromatic N) is 2. The van der Waals surface area contributed by atoms with Crippen molar-refractivity contribution >= 4 is 22.6 Å². The highest BCUT2D eigenvalue weighted by atomic mass is 19.1. The Hall–Kier alpha value is -3.67. The molecule has 4 aromatic rings. The molecule has 3 aromatic carbocycles. The van der Waals surface area contributed by atoms with Crippen molar-refractivity contribution in [3.63, 3.8) is 0 Å². The average Bonchev–Trinajstić information content (AvgIpc) is 3.06. The number of amides is 1. The number of aromatic nitrogens is 2. The molecule has 5 nitrogen and oxygen atoms in total. The lowest BCUT2D eigenvalue weighted by Gasteiger charge is -2.11. The van der Waals surface area contributed by atoms with Crippen molar-refractivity contribution in [1.82, 2.24) is 9.55 Å². The highest BCUT2D eigenvalue weighted by Crippen LogP contribution is 2.19. The third kappa shape index (κ3) is 3.86. The fourth-order valence-corrected chi connectivity index (χ4v) is 2.97. The number of benzene rings is 3. The van der Waals surface area contributed by atoms with Gasteiger partial charge >= 0.3 is 0 Å². The second-order valence-electron chi connectivity index (χ2n) is 6.23. The Kier molecular flexibility index (Phi) is 5.01. The maximum Gasteiger partial charge on any atom is 0.244 e. The Morgan fingerprint density at radius 2 is 1.68 bits per heavy atom. The quantitative estimate of drug-likeness (QED) is 0.544. The summed E-state index contributed by atoms with van der Waals surface area (Å²) in [4.78, 5) is 17.1. The minimum Gasteiger partial charge on any atom is -0.486 e. The number of hydrogen-bond donors (Lipinski definition) is 1. The van der Waals surface area contributed by atoms with Gasteiger partial charge in [-0.3, -0.25) is 4.79 Å². The minimum atomic E-state index is -0.473. The molecular formula is C22H18FN3O2. The van der Waals surface area contributed by atoms with E-state index in [1.807, 2.05) is 54.6 Å². The zero-order chi connectivity index (χ0) is 19.3. The fourth-order valence-electron chi connectivity index (χ4n) is 2.97. The molecule has 140 valence electrons. The van der Waals surface area contributed by atoms with E-state index in [1.54, 1.807) is 16.7 Å². The molecule has 0 aliphatic carbocycles. The standard InChI is InChI=1S/C22H18FN3O2/c23-17-10-4-5-11-18(17)25-22(27)14-26-20-13-7-6-12-19(20)24-21(26)15-28-16-8-2-1-3-9-16/h1-13H,14-15H2,(H,25,27). The SMILES string of the molecule is O=C(Cn1c(COc2ccccc2)nc2ccccc21)Nc1ccccc1F. The molecule has 0 saturated heterocycles. The van der Waals surface area contributed by atoms with E-state index in [0.29, 0.717) is 5.82 Å². The van der Waals surface area contributed by atoms with Crippen LogP contribution in [0.15, 0.2) is 78.9 Å². The molecular weight excluding hydrogens is 357 g/mol. The van der Waals surface area contributed by atoms with Gasteiger partial charge in [0.05, 0.1) is 16.7 Å². The van der Waals surface area contributed by atoms with Gasteiger partial charge in [0, 0.05) is 0 Å². The smallest absolute Gasteiger partial charge is 0.244 e. The van der Waals surface area contributed by atoms with Gasteiger partial charge < -0.3 is 14.6 Å². The number of fused-ring (bicyclic) bond motifs is 1. The van der Waals surface area contributed by atoms with Crippen molar-refractivity contribution in [2.45, 2.75) is 13.2 Å². The van der Waals surface area contributed by atoms with Crippen molar-refractivity contribution < 1.29 is 13.9 Å². The molecule has 1 N–H and O–H groups in total. The van der Waals surface area contributed by atoms with Crippen LogP contribution in [0.2, 0.25) is 0 Å². The number of carbonyl (C=O) groups is 1. The minimum absolute atomic E-state index is 0.00231. The van der Waals surface area contributed by atoms with Gasteiger partial charge in [-0.1, -0.05) is 42.5 Å². The zero-order valence-electron chi connectivity index (χ0n) is 15.0. The molecule has 0 unspecified atom stereocenters. The van der Waals surface area contributed by atoms with Gasteiger partial charge in [-0.15, -0.1) is 0 Å². The predicted molar refractivity (Wildman–Crippen MR) is 106 cm³/mol. The van der Waals surface area contributed by atoms with Crippen molar-refractivity contribution in [3.05, 3.63) is 90.5 Å². The summed E-state index contributed by atoms with van der Waals surface area (Å²) in [5, 5.41) is 2.61. The maximum atomic E-state index is 13.8. The number of halogens is 1. The summed E-state index contributed by atoms with van der Waals surface area (Å²) in [5.74, 6) is 0.527. The topological polar surface area (TPSA) is 56.2 Å². The molecule has 4 rings (SSSR count). The maximum absolute atomic E-state index is 13.8. The van der Waals surface area contributed by atoms with E-state index in [0.717, 1.165) is 16.8 Å². The second kappa shape index (κ2) is 7.92. The molecule has 1 amide bonds. The molecule has 1 heterocycles. The molecule has 0 saturated carbocycles. The van der Waals surface area contributed by atoms with Crippen LogP contribution in [0.25, 0.3) is 11.0 Å². The van der Waals surface area contributed by atoms with E-state index in [9.17, 15) is 9.18 Å². The van der Waals surface area contributed by atoms with E-state index < -0.39 is 5.82 Å². The van der Waals surface area contributed by atoms with Crippen LogP contribution in [0, 0.1) is 5.82 Å². The lowest BCUT2D eigenvalue weighted by molar-refractivity contribution is -0.116. The summed E-state index contributed by atoms with van der Waals surface area (Å²) in [6.45, 7) is 0.216. The van der Waals surface area contributed by atoms with E-state index >= 15 is 0 Å². The zero-order valence-corrected chi connectivity index (χ0v) is 15.0. The number of ether oxygens (including phenoxy) is 1. The van der Waals surface area contributed by atoms with Gasteiger partial charge in [0.1, 0.15) is 30.5 Å². The third-order valence-corrected chi connectivity index (χ3v) is 4.29. The van der Waals surface area contributed by atoms with Crippen LogP contribution in [-0.2, 0) is 17.9 Å². The van der Waals surface area contributed by atoms with E-state index in [4.69, 9.17) is 4.74 Å². The number of anilines is 1. The molecule has 6 heteroatoms. The van der Waals surface area contributed by atoms with Crippen LogP contribution in [-0.4, -0.2) is 15.5 Å². The van der Waals surface area contributed by atoms with Crippen molar-refractivity contribution in [2.24, 2.45) is 0 Å². The van der Waals surface area contributed by atoms with Crippen molar-refractivity contribution in [2.75, 3.05) is 5.32 Å². The van der Waals surface area contributed by atoms with Crippen LogP contribution >= 0.6 is 0 Å². The van der Waals surface area contributed by atoms with Crippen molar-refractivity contribution in [3.8, 4) is 5.75 Å². The Morgan fingerprint density at radius 1 is 0.964 bits per heavy atom. The number of imidazole rings is 1. The third-order valence-electron chi connectivity index (χ3n) is 4.29. The van der Waals surface area contributed by atoms with Crippen LogP contribution in [0.3, 0.4) is 0 Å². The molecule has 0 radical (unpaired) electrons. The molecule has 1 aromatic heterocycles. The Balaban J connectivity index is 1.58. The highest BCUT2D eigenvalue weighted by Gasteiger charge is 2.15. The van der Waals surface area contributed by atoms with Crippen molar-refractivity contribution in [1.29, 1.82) is 0 Å². The molecule has 0 aliphatic heterocycles. The number of rotatable bonds is 6. The van der Waals surface area contributed by atoms with Crippen LogP contribution < -0.4 is 10.1 Å². The van der Waals surface area contributed by atoms with Gasteiger partial charge in [0.2, 0.25) is 5.91 Å². The van der Waals surface area contributed by atoms with E-state index in [-0.39, 0.29) is 24.7 Å². The molecule has 28 heavy (non-hydrogen) atoms. The second-order valence-corrected chi connectivity index (χ2v) is 6.23. The van der Waals surface area contributed by atoms with Gasteiger partial charge in [-0.2, -0.15) is 0 Å².